The molecule has 2 N–H and O–H groups in total. The van der Waals surface area contributed by atoms with E-state index in [4.69, 9.17) is 0 Å². The third-order valence-corrected chi connectivity index (χ3v) is 4.49. The van der Waals surface area contributed by atoms with Crippen LogP contribution in [0.15, 0.2) is 0 Å². The van der Waals surface area contributed by atoms with E-state index in [0.29, 0.717) is 24.2 Å². The van der Waals surface area contributed by atoms with Gasteiger partial charge in [0.05, 0.1) is 0 Å². The van der Waals surface area contributed by atoms with Crippen molar-refractivity contribution < 1.29 is 4.79 Å². The third-order valence-electron chi connectivity index (χ3n) is 4.49. The summed E-state index contributed by atoms with van der Waals surface area (Å²) < 4.78 is 0. The summed E-state index contributed by atoms with van der Waals surface area (Å²) in [5.41, 5.74) is 0. The van der Waals surface area contributed by atoms with Gasteiger partial charge in [0, 0.05) is 13.0 Å². The Morgan fingerprint density at radius 2 is 1.74 bits per heavy atom. The van der Waals surface area contributed by atoms with Gasteiger partial charge in [0.25, 0.3) is 0 Å². The summed E-state index contributed by atoms with van der Waals surface area (Å²) in [7, 11) is 0. The van der Waals surface area contributed by atoms with Crippen molar-refractivity contribution >= 4 is 5.91 Å². The molecule has 3 nitrogen and oxygen atoms in total. The topological polar surface area (TPSA) is 41.1 Å². The number of carbonyl (C=O) groups is 1. The fourth-order valence-corrected chi connectivity index (χ4v) is 3.07. The maximum atomic E-state index is 11.9. The summed E-state index contributed by atoms with van der Waals surface area (Å²) in [4.78, 5) is 11.9. The molecular formula is C16H32N2O. The second kappa shape index (κ2) is 8.57. The van der Waals surface area contributed by atoms with Gasteiger partial charge < -0.3 is 10.6 Å². The van der Waals surface area contributed by atoms with Gasteiger partial charge in [-0.15, -0.1) is 0 Å². The van der Waals surface area contributed by atoms with Crippen molar-refractivity contribution in [3.05, 3.63) is 0 Å². The summed E-state index contributed by atoms with van der Waals surface area (Å²) in [6.45, 7) is 12.0. The number of nitrogens with one attached hydrogen (secondary N) is 2. The highest BCUT2D eigenvalue weighted by atomic mass is 16.1. The molecule has 1 rings (SSSR count). The molecule has 1 saturated heterocycles. The van der Waals surface area contributed by atoms with Crippen LogP contribution < -0.4 is 10.6 Å². The minimum absolute atomic E-state index is 0.241. The van der Waals surface area contributed by atoms with E-state index in [0.717, 1.165) is 32.0 Å². The van der Waals surface area contributed by atoms with Crippen LogP contribution in [0.5, 0.6) is 0 Å². The maximum absolute atomic E-state index is 11.9. The van der Waals surface area contributed by atoms with Gasteiger partial charge in [0.15, 0.2) is 0 Å². The molecule has 1 heterocycles. The van der Waals surface area contributed by atoms with Crippen molar-refractivity contribution in [2.45, 2.75) is 53.4 Å². The number of hydrogen-bond acceptors (Lipinski definition) is 2. The number of piperidine rings is 1. The zero-order valence-electron chi connectivity index (χ0n) is 13.2. The molecule has 0 saturated carbocycles. The Bertz CT molecular complexity index is 249. The van der Waals surface area contributed by atoms with Crippen molar-refractivity contribution in [1.29, 1.82) is 0 Å². The van der Waals surface area contributed by atoms with Crippen LogP contribution in [-0.2, 0) is 4.79 Å². The molecule has 0 bridgehead atoms. The van der Waals surface area contributed by atoms with Crippen LogP contribution in [0.1, 0.15) is 53.4 Å². The normalized spacial score (nSPS) is 17.4. The fraction of sp³-hybridized carbons (Fsp3) is 0.938. The van der Waals surface area contributed by atoms with Gasteiger partial charge >= 0.3 is 0 Å². The largest absolute Gasteiger partial charge is 0.356 e. The first kappa shape index (κ1) is 16.5. The number of hydrogen-bond donors (Lipinski definition) is 2. The summed E-state index contributed by atoms with van der Waals surface area (Å²) in [6, 6.07) is 0. The lowest BCUT2D eigenvalue weighted by molar-refractivity contribution is -0.121. The lowest BCUT2D eigenvalue weighted by atomic mass is 9.85. The molecule has 0 unspecified atom stereocenters. The van der Waals surface area contributed by atoms with Gasteiger partial charge in [-0.05, 0) is 56.0 Å². The predicted molar refractivity (Wildman–Crippen MR) is 81.0 cm³/mol. The number of amides is 1. The minimum atomic E-state index is 0.241. The van der Waals surface area contributed by atoms with Crippen molar-refractivity contribution in [3.8, 4) is 0 Å². The molecule has 0 aromatic carbocycles. The van der Waals surface area contributed by atoms with Gasteiger partial charge in [-0.3, -0.25) is 4.79 Å². The highest BCUT2D eigenvalue weighted by Gasteiger charge is 2.19. The Labute approximate surface area is 118 Å². The Balaban J connectivity index is 2.19. The van der Waals surface area contributed by atoms with Crippen LogP contribution in [0.4, 0.5) is 0 Å². The van der Waals surface area contributed by atoms with Gasteiger partial charge in [-0.25, -0.2) is 0 Å². The van der Waals surface area contributed by atoms with Gasteiger partial charge in [-0.2, -0.15) is 0 Å². The standard InChI is InChI=1S/C16H32N2O/c1-12(2)15(13(3)4)11-18-16(19)6-5-14-7-9-17-10-8-14/h12-15,17H,5-11H2,1-4H3,(H,18,19). The number of carbonyl (C=O) groups excluding carboxylic acids is 1. The van der Waals surface area contributed by atoms with Gasteiger partial charge in [0.2, 0.25) is 5.91 Å². The molecule has 0 aliphatic carbocycles. The Kier molecular flexibility index (Phi) is 7.44. The Morgan fingerprint density at radius 1 is 1.16 bits per heavy atom. The quantitative estimate of drug-likeness (QED) is 0.745. The molecule has 1 fully saturated rings. The Morgan fingerprint density at radius 3 is 2.26 bits per heavy atom. The number of rotatable bonds is 7. The van der Waals surface area contributed by atoms with Crippen molar-refractivity contribution in [3.63, 3.8) is 0 Å². The molecule has 19 heavy (non-hydrogen) atoms. The highest BCUT2D eigenvalue weighted by Crippen LogP contribution is 2.20. The molecular weight excluding hydrogens is 236 g/mol. The van der Waals surface area contributed by atoms with E-state index in [1.54, 1.807) is 0 Å². The van der Waals surface area contributed by atoms with Crippen LogP contribution in [0.3, 0.4) is 0 Å². The zero-order valence-corrected chi connectivity index (χ0v) is 13.2. The van der Waals surface area contributed by atoms with Gasteiger partial charge in [0.1, 0.15) is 0 Å². The maximum Gasteiger partial charge on any atom is 0.220 e. The summed E-state index contributed by atoms with van der Waals surface area (Å²) in [6.07, 6.45) is 4.22. The summed E-state index contributed by atoms with van der Waals surface area (Å²) >= 11 is 0. The van der Waals surface area contributed by atoms with E-state index in [9.17, 15) is 4.79 Å². The van der Waals surface area contributed by atoms with E-state index in [-0.39, 0.29) is 5.91 Å². The van der Waals surface area contributed by atoms with Crippen molar-refractivity contribution in [2.24, 2.45) is 23.7 Å². The van der Waals surface area contributed by atoms with E-state index >= 15 is 0 Å². The monoisotopic (exact) mass is 268 g/mol. The van der Waals surface area contributed by atoms with Crippen molar-refractivity contribution in [2.75, 3.05) is 19.6 Å². The second-order valence-corrected chi connectivity index (χ2v) is 6.69. The van der Waals surface area contributed by atoms with E-state index in [1.807, 2.05) is 0 Å². The minimum Gasteiger partial charge on any atom is -0.356 e. The zero-order chi connectivity index (χ0) is 14.3. The average Bonchev–Trinajstić information content (AvgIpc) is 2.37. The first-order chi connectivity index (χ1) is 9.00. The van der Waals surface area contributed by atoms with Crippen LogP contribution >= 0.6 is 0 Å². The molecule has 1 aliphatic heterocycles. The van der Waals surface area contributed by atoms with Crippen molar-refractivity contribution in [1.82, 2.24) is 10.6 Å². The van der Waals surface area contributed by atoms with E-state index < -0.39 is 0 Å². The molecule has 112 valence electrons. The summed E-state index contributed by atoms with van der Waals surface area (Å²) in [5.74, 6) is 2.83. The van der Waals surface area contributed by atoms with Crippen LogP contribution in [-0.4, -0.2) is 25.5 Å². The Hall–Kier alpha value is -0.570. The molecule has 3 heteroatoms. The molecule has 0 atom stereocenters. The van der Waals surface area contributed by atoms with Crippen LogP contribution in [0.2, 0.25) is 0 Å². The first-order valence-electron chi connectivity index (χ1n) is 7.98. The van der Waals surface area contributed by atoms with Crippen LogP contribution in [0, 0.1) is 23.7 Å². The average molecular weight is 268 g/mol. The predicted octanol–water partition coefficient (Wildman–Crippen LogP) is 2.81. The lowest BCUT2D eigenvalue weighted by Gasteiger charge is -2.25. The fourth-order valence-electron chi connectivity index (χ4n) is 3.07. The lowest BCUT2D eigenvalue weighted by Crippen LogP contribution is -2.34. The van der Waals surface area contributed by atoms with Crippen LogP contribution in [0.25, 0.3) is 0 Å². The molecule has 0 radical (unpaired) electrons. The molecule has 1 aliphatic rings. The van der Waals surface area contributed by atoms with E-state index in [2.05, 4.69) is 38.3 Å². The van der Waals surface area contributed by atoms with E-state index in [1.165, 1.54) is 12.8 Å². The molecule has 0 spiro atoms. The van der Waals surface area contributed by atoms with Gasteiger partial charge in [-0.1, -0.05) is 27.7 Å². The smallest absolute Gasteiger partial charge is 0.220 e. The highest BCUT2D eigenvalue weighted by molar-refractivity contribution is 5.75. The molecule has 0 aromatic heterocycles. The molecule has 0 aromatic rings. The molecule has 1 amide bonds. The third kappa shape index (κ3) is 6.42. The second-order valence-electron chi connectivity index (χ2n) is 6.69. The first-order valence-corrected chi connectivity index (χ1v) is 7.98. The SMILES string of the molecule is CC(C)C(CNC(=O)CCC1CCNCC1)C(C)C. The summed E-state index contributed by atoms with van der Waals surface area (Å²) in [5, 5.41) is 6.50.